The molecule has 1 fully saturated rings. The van der Waals surface area contributed by atoms with Crippen LogP contribution in [0.4, 0.5) is 4.39 Å². The first-order valence-electron chi connectivity index (χ1n) is 10.1. The molecule has 0 saturated carbocycles. The molecule has 0 spiro atoms. The van der Waals surface area contributed by atoms with Gasteiger partial charge in [0.05, 0.1) is 11.8 Å². The van der Waals surface area contributed by atoms with Crippen molar-refractivity contribution in [2.45, 2.75) is 38.0 Å². The Labute approximate surface area is 169 Å². The van der Waals surface area contributed by atoms with Gasteiger partial charge in [0.25, 0.3) is 0 Å². The van der Waals surface area contributed by atoms with Gasteiger partial charge in [-0.2, -0.15) is 4.98 Å². The van der Waals surface area contributed by atoms with E-state index in [4.69, 9.17) is 4.52 Å². The van der Waals surface area contributed by atoms with Crippen LogP contribution in [-0.2, 0) is 4.79 Å². The maximum Gasteiger partial charge on any atom is 0.231 e. The first-order chi connectivity index (χ1) is 14.2. The third-order valence-electron chi connectivity index (χ3n) is 5.53. The second-order valence-corrected chi connectivity index (χ2v) is 7.46. The molecule has 0 aliphatic carbocycles. The second kappa shape index (κ2) is 8.55. The van der Waals surface area contributed by atoms with E-state index < -0.39 is 0 Å². The molecule has 4 rings (SSSR count). The number of hydrogen-bond donors (Lipinski definition) is 0. The first-order valence-corrected chi connectivity index (χ1v) is 10.1. The fourth-order valence-corrected chi connectivity index (χ4v) is 3.95. The lowest BCUT2D eigenvalue weighted by Gasteiger charge is -2.33. The van der Waals surface area contributed by atoms with Gasteiger partial charge in [-0.1, -0.05) is 42.4 Å². The molecule has 1 saturated heterocycles. The van der Waals surface area contributed by atoms with Gasteiger partial charge in [-0.15, -0.1) is 0 Å². The summed E-state index contributed by atoms with van der Waals surface area (Å²) in [5.41, 5.74) is 1.76. The lowest BCUT2D eigenvalue weighted by molar-refractivity contribution is -0.134. The third-order valence-corrected chi connectivity index (χ3v) is 5.53. The van der Waals surface area contributed by atoms with E-state index in [0.717, 1.165) is 31.4 Å². The quantitative estimate of drug-likeness (QED) is 0.626. The highest BCUT2D eigenvalue weighted by Gasteiger charge is 2.32. The van der Waals surface area contributed by atoms with Crippen LogP contribution >= 0.6 is 0 Å². The standard InChI is InChI=1S/C23H24FN3O2/c1-2-20(16-7-4-3-5-8-16)23(28)27-14-6-9-18(15-27)22-25-21(26-29-22)17-10-12-19(24)13-11-17/h3-5,7-8,10-13,18,20H,2,6,9,14-15H2,1H3. The summed E-state index contributed by atoms with van der Waals surface area (Å²) in [6.07, 6.45) is 2.56. The van der Waals surface area contributed by atoms with E-state index in [0.29, 0.717) is 23.8 Å². The van der Waals surface area contributed by atoms with E-state index in [9.17, 15) is 9.18 Å². The number of amides is 1. The van der Waals surface area contributed by atoms with Gasteiger partial charge < -0.3 is 9.42 Å². The molecule has 1 aliphatic heterocycles. The van der Waals surface area contributed by atoms with Crippen LogP contribution in [0.15, 0.2) is 59.1 Å². The molecule has 29 heavy (non-hydrogen) atoms. The third kappa shape index (κ3) is 4.21. The average molecular weight is 393 g/mol. The number of carbonyl (C=O) groups is 1. The topological polar surface area (TPSA) is 59.2 Å². The Kier molecular flexibility index (Phi) is 5.69. The van der Waals surface area contributed by atoms with Crippen LogP contribution in [-0.4, -0.2) is 34.0 Å². The largest absolute Gasteiger partial charge is 0.341 e. The fourth-order valence-electron chi connectivity index (χ4n) is 3.95. The predicted octanol–water partition coefficient (Wildman–Crippen LogP) is 4.78. The molecular formula is C23H24FN3O2. The van der Waals surface area contributed by atoms with Gasteiger partial charge in [0.2, 0.25) is 17.6 Å². The number of nitrogens with zero attached hydrogens (tertiary/aromatic N) is 3. The molecule has 150 valence electrons. The number of rotatable bonds is 5. The number of halogens is 1. The van der Waals surface area contributed by atoms with Crippen molar-refractivity contribution in [3.05, 3.63) is 71.9 Å². The minimum atomic E-state index is -0.303. The summed E-state index contributed by atoms with van der Waals surface area (Å²) in [4.78, 5) is 19.6. The zero-order chi connectivity index (χ0) is 20.2. The molecule has 2 aromatic carbocycles. The Balaban J connectivity index is 1.48. The van der Waals surface area contributed by atoms with Crippen molar-refractivity contribution < 1.29 is 13.7 Å². The number of likely N-dealkylation sites (tertiary alicyclic amines) is 1. The van der Waals surface area contributed by atoms with Gasteiger partial charge in [0.1, 0.15) is 5.82 Å². The smallest absolute Gasteiger partial charge is 0.231 e. The van der Waals surface area contributed by atoms with Gasteiger partial charge in [0.15, 0.2) is 0 Å². The van der Waals surface area contributed by atoms with E-state index in [1.54, 1.807) is 12.1 Å². The number of aromatic nitrogens is 2. The predicted molar refractivity (Wildman–Crippen MR) is 108 cm³/mol. The Hall–Kier alpha value is -3.02. The van der Waals surface area contributed by atoms with Crippen molar-refractivity contribution in [2.75, 3.05) is 13.1 Å². The second-order valence-electron chi connectivity index (χ2n) is 7.46. The molecule has 1 aliphatic rings. The Morgan fingerprint density at radius 2 is 1.97 bits per heavy atom. The van der Waals surface area contributed by atoms with Crippen LogP contribution in [0.5, 0.6) is 0 Å². The number of carbonyl (C=O) groups excluding carboxylic acids is 1. The van der Waals surface area contributed by atoms with E-state index in [2.05, 4.69) is 10.1 Å². The fraction of sp³-hybridized carbons (Fsp3) is 0.348. The normalized spacial score (nSPS) is 17.9. The van der Waals surface area contributed by atoms with Crippen LogP contribution in [0.3, 0.4) is 0 Å². The van der Waals surface area contributed by atoms with Crippen molar-refractivity contribution in [1.29, 1.82) is 0 Å². The first kappa shape index (κ1) is 19.3. The average Bonchev–Trinajstić information content (AvgIpc) is 3.26. The summed E-state index contributed by atoms with van der Waals surface area (Å²) < 4.78 is 18.6. The highest BCUT2D eigenvalue weighted by molar-refractivity contribution is 5.83. The van der Waals surface area contributed by atoms with Crippen LogP contribution in [0.25, 0.3) is 11.4 Å². The van der Waals surface area contributed by atoms with Gasteiger partial charge in [-0.3, -0.25) is 4.79 Å². The Morgan fingerprint density at radius 1 is 1.21 bits per heavy atom. The SMILES string of the molecule is CCC(C(=O)N1CCCC(c2nc(-c3ccc(F)cc3)no2)C1)c1ccccc1. The molecule has 0 bridgehead atoms. The maximum atomic E-state index is 13.2. The summed E-state index contributed by atoms with van der Waals surface area (Å²) >= 11 is 0. The van der Waals surface area contributed by atoms with Crippen LogP contribution in [0.1, 0.15) is 49.5 Å². The molecule has 6 heteroatoms. The molecule has 2 unspecified atom stereocenters. The van der Waals surface area contributed by atoms with Gasteiger partial charge in [-0.25, -0.2) is 4.39 Å². The van der Waals surface area contributed by atoms with Crippen molar-refractivity contribution in [3.8, 4) is 11.4 Å². The minimum absolute atomic E-state index is 0.0164. The molecule has 3 aromatic rings. The molecule has 1 aromatic heterocycles. The van der Waals surface area contributed by atoms with Crippen molar-refractivity contribution in [3.63, 3.8) is 0 Å². The van der Waals surface area contributed by atoms with Crippen molar-refractivity contribution >= 4 is 5.91 Å². The number of benzene rings is 2. The maximum absolute atomic E-state index is 13.2. The van der Waals surface area contributed by atoms with Crippen LogP contribution < -0.4 is 0 Å². The lowest BCUT2D eigenvalue weighted by Crippen LogP contribution is -2.41. The van der Waals surface area contributed by atoms with E-state index in [-0.39, 0.29) is 23.6 Å². The zero-order valence-corrected chi connectivity index (χ0v) is 16.4. The van der Waals surface area contributed by atoms with Gasteiger partial charge >= 0.3 is 0 Å². The molecule has 0 radical (unpaired) electrons. The number of piperidine rings is 1. The zero-order valence-electron chi connectivity index (χ0n) is 16.4. The highest BCUT2D eigenvalue weighted by Crippen LogP contribution is 2.30. The van der Waals surface area contributed by atoms with Gasteiger partial charge in [-0.05, 0) is 49.1 Å². The molecular weight excluding hydrogens is 369 g/mol. The van der Waals surface area contributed by atoms with Crippen LogP contribution in [0, 0.1) is 5.82 Å². The summed E-state index contributed by atoms with van der Waals surface area (Å²) in [5.74, 6) is 0.716. The molecule has 2 heterocycles. The molecule has 5 nitrogen and oxygen atoms in total. The summed E-state index contributed by atoms with van der Waals surface area (Å²) in [6.45, 7) is 3.37. The summed E-state index contributed by atoms with van der Waals surface area (Å²) in [5, 5.41) is 4.05. The lowest BCUT2D eigenvalue weighted by atomic mass is 9.92. The minimum Gasteiger partial charge on any atom is -0.341 e. The molecule has 2 atom stereocenters. The van der Waals surface area contributed by atoms with E-state index in [1.807, 2.05) is 42.2 Å². The monoisotopic (exact) mass is 393 g/mol. The van der Waals surface area contributed by atoms with Crippen LogP contribution in [0.2, 0.25) is 0 Å². The van der Waals surface area contributed by atoms with Crippen molar-refractivity contribution in [2.24, 2.45) is 0 Å². The molecule has 0 N–H and O–H groups in total. The Bertz CT molecular complexity index is 956. The van der Waals surface area contributed by atoms with E-state index in [1.165, 1.54) is 12.1 Å². The van der Waals surface area contributed by atoms with E-state index >= 15 is 0 Å². The summed E-state index contributed by atoms with van der Waals surface area (Å²) in [7, 11) is 0. The van der Waals surface area contributed by atoms with Crippen molar-refractivity contribution in [1.82, 2.24) is 15.0 Å². The summed E-state index contributed by atoms with van der Waals surface area (Å²) in [6, 6.07) is 16.0. The Morgan fingerprint density at radius 3 is 2.69 bits per heavy atom. The van der Waals surface area contributed by atoms with Gasteiger partial charge in [0, 0.05) is 18.7 Å². The molecule has 1 amide bonds. The number of hydrogen-bond acceptors (Lipinski definition) is 4. The highest BCUT2D eigenvalue weighted by atomic mass is 19.1.